The van der Waals surface area contributed by atoms with E-state index in [0.717, 1.165) is 17.7 Å². The fourth-order valence-electron chi connectivity index (χ4n) is 1.96. The molecule has 2 nitrogen and oxygen atoms in total. The van der Waals surface area contributed by atoms with Gasteiger partial charge in [0.1, 0.15) is 11.9 Å². The minimum Gasteiger partial charge on any atom is -0.484 e. The fraction of sp³-hybridized carbons (Fsp3) is 0.250. The smallest absolute Gasteiger partial charge is 0.140 e. The van der Waals surface area contributed by atoms with Crippen LogP contribution >= 0.6 is 34.2 Å². The number of ether oxygens (including phenoxy) is 1. The van der Waals surface area contributed by atoms with Crippen molar-refractivity contribution >= 4 is 34.2 Å². The summed E-state index contributed by atoms with van der Waals surface area (Å²) in [4.78, 5) is 0. The summed E-state index contributed by atoms with van der Waals surface area (Å²) in [7, 11) is 0. The van der Waals surface area contributed by atoms with Crippen LogP contribution < -0.4 is 10.5 Å². The second-order valence-corrected chi connectivity index (χ2v) is 6.24. The van der Waals surface area contributed by atoms with E-state index < -0.39 is 0 Å². The molecule has 0 saturated carbocycles. The molecular formula is C16H17ClINO. The Labute approximate surface area is 138 Å². The minimum atomic E-state index is -0.242. The molecule has 2 N–H and O–H groups in total. The number of hydrogen-bond donors (Lipinski definition) is 1. The van der Waals surface area contributed by atoms with Crippen LogP contribution in [0.25, 0.3) is 0 Å². The molecule has 0 aromatic heterocycles. The van der Waals surface area contributed by atoms with Crippen LogP contribution in [0.5, 0.6) is 5.75 Å². The molecule has 2 aromatic carbocycles. The van der Waals surface area contributed by atoms with Gasteiger partial charge in [-0.1, -0.05) is 36.7 Å². The van der Waals surface area contributed by atoms with Crippen LogP contribution in [-0.2, 0) is 0 Å². The lowest BCUT2D eigenvalue weighted by molar-refractivity contribution is 0.171. The lowest BCUT2D eigenvalue weighted by Crippen LogP contribution is -2.31. The van der Waals surface area contributed by atoms with Crippen LogP contribution in [0.4, 0.5) is 0 Å². The molecule has 0 amide bonds. The van der Waals surface area contributed by atoms with Gasteiger partial charge in [-0.3, -0.25) is 0 Å². The second kappa shape index (κ2) is 7.29. The molecule has 0 spiro atoms. The summed E-state index contributed by atoms with van der Waals surface area (Å²) in [6, 6.07) is 15.5. The first-order valence-corrected chi connectivity index (χ1v) is 7.99. The van der Waals surface area contributed by atoms with Crippen LogP contribution in [0, 0.1) is 3.57 Å². The Bertz CT molecular complexity index is 559. The first-order valence-electron chi connectivity index (χ1n) is 6.54. The predicted octanol–water partition coefficient (Wildman–Crippen LogP) is 4.80. The SMILES string of the molecule is CCC(N)C(Oc1ccc(I)cc1)c1ccccc1Cl. The van der Waals surface area contributed by atoms with Gasteiger partial charge in [-0.2, -0.15) is 0 Å². The summed E-state index contributed by atoms with van der Waals surface area (Å²) < 4.78 is 7.25. The van der Waals surface area contributed by atoms with Crippen LogP contribution in [0.3, 0.4) is 0 Å². The van der Waals surface area contributed by atoms with Gasteiger partial charge in [0.25, 0.3) is 0 Å². The highest BCUT2D eigenvalue weighted by atomic mass is 127. The zero-order valence-electron chi connectivity index (χ0n) is 11.2. The molecular weight excluding hydrogens is 385 g/mol. The average Bonchev–Trinajstić information content (AvgIpc) is 2.47. The van der Waals surface area contributed by atoms with Crippen molar-refractivity contribution in [1.29, 1.82) is 0 Å². The first-order chi connectivity index (χ1) is 9.61. The van der Waals surface area contributed by atoms with E-state index in [1.807, 2.05) is 55.5 Å². The summed E-state index contributed by atoms with van der Waals surface area (Å²) in [5.41, 5.74) is 7.14. The third kappa shape index (κ3) is 3.87. The highest BCUT2D eigenvalue weighted by Crippen LogP contribution is 2.30. The molecule has 20 heavy (non-hydrogen) atoms. The van der Waals surface area contributed by atoms with E-state index in [4.69, 9.17) is 22.1 Å². The van der Waals surface area contributed by atoms with Crippen molar-refractivity contribution in [2.45, 2.75) is 25.5 Å². The Hall–Kier alpha value is -0.780. The summed E-state index contributed by atoms with van der Waals surface area (Å²) in [6.07, 6.45) is 0.578. The Kier molecular flexibility index (Phi) is 5.69. The lowest BCUT2D eigenvalue weighted by atomic mass is 10.0. The maximum Gasteiger partial charge on any atom is 0.140 e. The predicted molar refractivity (Wildman–Crippen MR) is 92.2 cm³/mol. The number of benzene rings is 2. The molecule has 2 rings (SSSR count). The molecule has 0 aliphatic carbocycles. The minimum absolute atomic E-state index is 0.103. The summed E-state index contributed by atoms with van der Waals surface area (Å²) in [5.74, 6) is 0.805. The average molecular weight is 402 g/mol. The van der Waals surface area contributed by atoms with E-state index in [1.54, 1.807) is 0 Å². The highest BCUT2D eigenvalue weighted by molar-refractivity contribution is 14.1. The van der Waals surface area contributed by atoms with Gasteiger partial charge in [-0.05, 0) is 59.3 Å². The van der Waals surface area contributed by atoms with Crippen molar-refractivity contribution in [1.82, 2.24) is 0 Å². The fourth-order valence-corrected chi connectivity index (χ4v) is 2.56. The zero-order chi connectivity index (χ0) is 14.5. The number of hydrogen-bond acceptors (Lipinski definition) is 2. The standard InChI is InChI=1S/C16H17ClINO/c1-2-15(19)16(13-5-3-4-6-14(13)17)20-12-9-7-11(18)8-10-12/h3-10,15-16H,2,19H2,1H3. The molecule has 2 unspecified atom stereocenters. The zero-order valence-corrected chi connectivity index (χ0v) is 14.1. The van der Waals surface area contributed by atoms with Crippen molar-refractivity contribution in [2.24, 2.45) is 5.73 Å². The Balaban J connectivity index is 2.29. The van der Waals surface area contributed by atoms with Gasteiger partial charge in [0.15, 0.2) is 0 Å². The van der Waals surface area contributed by atoms with E-state index in [-0.39, 0.29) is 12.1 Å². The van der Waals surface area contributed by atoms with Gasteiger partial charge in [-0.15, -0.1) is 0 Å². The maximum absolute atomic E-state index is 6.27. The molecule has 0 saturated heterocycles. The normalized spacial score (nSPS) is 13.8. The van der Waals surface area contributed by atoms with Crippen molar-refractivity contribution < 1.29 is 4.74 Å². The van der Waals surface area contributed by atoms with E-state index in [0.29, 0.717) is 5.02 Å². The number of halogens is 2. The van der Waals surface area contributed by atoms with Crippen molar-refractivity contribution in [3.63, 3.8) is 0 Å². The summed E-state index contributed by atoms with van der Waals surface area (Å²) in [6.45, 7) is 2.05. The van der Waals surface area contributed by atoms with Gasteiger partial charge >= 0.3 is 0 Å². The van der Waals surface area contributed by atoms with Crippen LogP contribution in [0.2, 0.25) is 5.02 Å². The van der Waals surface area contributed by atoms with Gasteiger partial charge in [0.2, 0.25) is 0 Å². The van der Waals surface area contributed by atoms with Crippen molar-refractivity contribution in [3.8, 4) is 5.75 Å². The van der Waals surface area contributed by atoms with E-state index in [9.17, 15) is 0 Å². The van der Waals surface area contributed by atoms with Gasteiger partial charge in [-0.25, -0.2) is 0 Å². The van der Waals surface area contributed by atoms with E-state index in [2.05, 4.69) is 22.6 Å². The molecule has 0 heterocycles. The summed E-state index contributed by atoms with van der Waals surface area (Å²) >= 11 is 8.54. The number of nitrogens with two attached hydrogens (primary N) is 1. The molecule has 4 heteroatoms. The van der Waals surface area contributed by atoms with Gasteiger partial charge in [0.05, 0.1) is 0 Å². The molecule has 106 valence electrons. The molecule has 0 bridgehead atoms. The third-order valence-corrected chi connectivity index (χ3v) is 4.21. The second-order valence-electron chi connectivity index (χ2n) is 4.59. The molecule has 2 atom stereocenters. The topological polar surface area (TPSA) is 35.2 Å². The van der Waals surface area contributed by atoms with Gasteiger partial charge in [0, 0.05) is 20.2 Å². The Morgan fingerprint density at radius 2 is 1.80 bits per heavy atom. The van der Waals surface area contributed by atoms with E-state index in [1.165, 1.54) is 3.57 Å². The van der Waals surface area contributed by atoms with E-state index >= 15 is 0 Å². The quantitative estimate of drug-likeness (QED) is 0.730. The Morgan fingerprint density at radius 1 is 1.15 bits per heavy atom. The number of rotatable bonds is 5. The van der Waals surface area contributed by atoms with Crippen molar-refractivity contribution in [3.05, 3.63) is 62.7 Å². The van der Waals surface area contributed by atoms with Crippen molar-refractivity contribution in [2.75, 3.05) is 0 Å². The first kappa shape index (κ1) is 15.6. The third-order valence-electron chi connectivity index (χ3n) is 3.15. The molecule has 2 aromatic rings. The molecule has 0 aliphatic rings. The largest absolute Gasteiger partial charge is 0.484 e. The Morgan fingerprint density at radius 3 is 2.40 bits per heavy atom. The molecule has 0 radical (unpaired) electrons. The molecule has 0 aliphatic heterocycles. The van der Waals surface area contributed by atoms with Crippen LogP contribution in [-0.4, -0.2) is 6.04 Å². The van der Waals surface area contributed by atoms with Crippen LogP contribution in [0.1, 0.15) is 25.0 Å². The lowest BCUT2D eigenvalue weighted by Gasteiger charge is -2.25. The van der Waals surface area contributed by atoms with Crippen LogP contribution in [0.15, 0.2) is 48.5 Å². The van der Waals surface area contributed by atoms with Gasteiger partial charge < -0.3 is 10.5 Å². The summed E-state index contributed by atoms with van der Waals surface area (Å²) in [5, 5.41) is 0.687. The highest BCUT2D eigenvalue weighted by Gasteiger charge is 2.22. The monoisotopic (exact) mass is 401 g/mol. The maximum atomic E-state index is 6.27. The molecule has 0 fully saturated rings.